The molecule has 1 aliphatic carbocycles. The van der Waals surface area contributed by atoms with Gasteiger partial charge in [-0.25, -0.2) is 8.42 Å². The van der Waals surface area contributed by atoms with E-state index in [0.717, 1.165) is 59.4 Å². The Bertz CT molecular complexity index is 1440. The van der Waals surface area contributed by atoms with E-state index in [4.69, 9.17) is 11.6 Å². The summed E-state index contributed by atoms with van der Waals surface area (Å²) in [5, 5.41) is 3.57. The van der Waals surface area contributed by atoms with Gasteiger partial charge in [0.15, 0.2) is 0 Å². The number of hydrogen-bond acceptors (Lipinski definition) is 4. The summed E-state index contributed by atoms with van der Waals surface area (Å²) >= 11 is 6.17. The number of anilines is 1. The maximum Gasteiger partial charge on any atom is 0.244 e. The summed E-state index contributed by atoms with van der Waals surface area (Å²) in [6.45, 7) is 1.66. The summed E-state index contributed by atoms with van der Waals surface area (Å²) < 4.78 is 26.9. The smallest absolute Gasteiger partial charge is 0.244 e. The third-order valence-corrected chi connectivity index (χ3v) is 8.98. The molecule has 7 nitrogen and oxygen atoms in total. The van der Waals surface area contributed by atoms with Gasteiger partial charge in [-0.2, -0.15) is 0 Å². The minimum absolute atomic E-state index is 0.0592. The molecule has 0 radical (unpaired) electrons. The molecule has 1 fully saturated rings. The second-order valence-electron chi connectivity index (χ2n) is 10.7. The Balaban J connectivity index is 1.73. The third kappa shape index (κ3) is 8.57. The van der Waals surface area contributed by atoms with Crippen molar-refractivity contribution < 1.29 is 18.0 Å². The number of amides is 2. The van der Waals surface area contributed by atoms with Crippen LogP contribution in [0.4, 0.5) is 5.69 Å². The molecule has 9 heteroatoms. The molecule has 218 valence electrons. The number of benzene rings is 3. The van der Waals surface area contributed by atoms with E-state index in [2.05, 4.69) is 5.32 Å². The van der Waals surface area contributed by atoms with Gasteiger partial charge >= 0.3 is 0 Å². The van der Waals surface area contributed by atoms with Gasteiger partial charge < -0.3 is 10.2 Å². The van der Waals surface area contributed by atoms with Gasteiger partial charge in [-0.15, -0.1) is 0 Å². The van der Waals surface area contributed by atoms with E-state index >= 15 is 0 Å². The summed E-state index contributed by atoms with van der Waals surface area (Å²) in [7, 11) is -3.85. The molecule has 0 aliphatic heterocycles. The average Bonchev–Trinajstić information content (AvgIpc) is 2.95. The number of nitrogens with one attached hydrogen (secondary N) is 1. The standard InChI is InChI=1S/C32H38ClN3O4S/c1-24-12-9-10-15-26(24)22-35(31(37)23-36(41(2,39)40)29-19-11-16-27(33)21-29)30(20-25-13-5-3-6-14-25)32(38)34-28-17-7-4-8-18-28/h3,5-6,9-16,19,21,28,30H,4,7-8,17-18,20,22-23H2,1-2H3,(H,34,38)/t30-/m1/s1. The molecule has 0 bridgehead atoms. The molecule has 0 saturated heterocycles. The normalized spacial score (nSPS) is 14.7. The molecule has 0 unspecified atom stereocenters. The lowest BCUT2D eigenvalue weighted by Crippen LogP contribution is -2.55. The van der Waals surface area contributed by atoms with Crippen molar-refractivity contribution in [1.82, 2.24) is 10.2 Å². The Kier molecular flexibility index (Phi) is 10.5. The molecule has 3 aromatic rings. The van der Waals surface area contributed by atoms with Gasteiger partial charge in [-0.3, -0.25) is 13.9 Å². The van der Waals surface area contributed by atoms with Crippen LogP contribution in [0, 0.1) is 6.92 Å². The summed E-state index contributed by atoms with van der Waals surface area (Å²) in [5.74, 6) is -0.699. The lowest BCUT2D eigenvalue weighted by molar-refractivity contribution is -0.140. The summed E-state index contributed by atoms with van der Waals surface area (Å²) in [4.78, 5) is 29.7. The molecule has 0 heterocycles. The third-order valence-electron chi connectivity index (χ3n) is 7.60. The van der Waals surface area contributed by atoms with E-state index in [0.29, 0.717) is 11.4 Å². The quantitative estimate of drug-likeness (QED) is 0.317. The highest BCUT2D eigenvalue weighted by atomic mass is 35.5. The van der Waals surface area contributed by atoms with Crippen molar-refractivity contribution in [2.24, 2.45) is 0 Å². The van der Waals surface area contributed by atoms with Crippen LogP contribution in [0.5, 0.6) is 0 Å². The van der Waals surface area contributed by atoms with Crippen LogP contribution in [0.15, 0.2) is 78.9 Å². The molecule has 2 amide bonds. The van der Waals surface area contributed by atoms with Crippen LogP contribution in [0.2, 0.25) is 5.02 Å². The van der Waals surface area contributed by atoms with E-state index in [1.165, 1.54) is 11.0 Å². The second-order valence-corrected chi connectivity index (χ2v) is 13.1. The molecule has 3 aromatic carbocycles. The Labute approximate surface area is 248 Å². The first-order chi connectivity index (χ1) is 19.6. The molecule has 1 saturated carbocycles. The first-order valence-electron chi connectivity index (χ1n) is 14.0. The number of halogens is 1. The molecule has 0 spiro atoms. The summed E-state index contributed by atoms with van der Waals surface area (Å²) in [6, 6.07) is 22.9. The van der Waals surface area contributed by atoms with E-state index in [1.807, 2.05) is 61.5 Å². The lowest BCUT2D eigenvalue weighted by atomic mass is 9.94. The number of carbonyl (C=O) groups excluding carboxylic acids is 2. The first-order valence-corrected chi connectivity index (χ1v) is 16.3. The molecule has 41 heavy (non-hydrogen) atoms. The minimum atomic E-state index is -3.85. The van der Waals surface area contributed by atoms with Crippen LogP contribution in [0.3, 0.4) is 0 Å². The van der Waals surface area contributed by atoms with Gasteiger partial charge in [-0.1, -0.05) is 91.5 Å². The predicted octanol–water partition coefficient (Wildman–Crippen LogP) is 5.50. The van der Waals surface area contributed by atoms with E-state index in [-0.39, 0.29) is 24.2 Å². The first kappa shape index (κ1) is 30.6. The van der Waals surface area contributed by atoms with Crippen molar-refractivity contribution in [2.45, 2.75) is 64.1 Å². The van der Waals surface area contributed by atoms with Gasteiger partial charge in [0, 0.05) is 24.0 Å². The number of nitrogens with zero attached hydrogens (tertiary/aromatic N) is 2. The zero-order valence-corrected chi connectivity index (χ0v) is 25.2. The Morgan fingerprint density at radius 2 is 1.63 bits per heavy atom. The van der Waals surface area contributed by atoms with Gasteiger partial charge in [0.05, 0.1) is 11.9 Å². The average molecular weight is 596 g/mol. The van der Waals surface area contributed by atoms with E-state index < -0.39 is 28.5 Å². The largest absolute Gasteiger partial charge is 0.352 e. The number of sulfonamides is 1. The number of hydrogen-bond donors (Lipinski definition) is 1. The molecule has 1 atom stereocenters. The van der Waals surface area contributed by atoms with Crippen LogP contribution in [0.25, 0.3) is 0 Å². The van der Waals surface area contributed by atoms with Crippen LogP contribution in [0.1, 0.15) is 48.8 Å². The van der Waals surface area contributed by atoms with Crippen molar-refractivity contribution >= 4 is 39.1 Å². The highest BCUT2D eigenvalue weighted by Crippen LogP contribution is 2.24. The molecular formula is C32H38ClN3O4S. The Morgan fingerprint density at radius 3 is 2.29 bits per heavy atom. The lowest BCUT2D eigenvalue weighted by Gasteiger charge is -2.35. The topological polar surface area (TPSA) is 86.8 Å². The number of carbonyl (C=O) groups is 2. The van der Waals surface area contributed by atoms with Crippen LogP contribution in [-0.4, -0.2) is 50.0 Å². The van der Waals surface area contributed by atoms with E-state index in [1.54, 1.807) is 18.2 Å². The fourth-order valence-corrected chi connectivity index (χ4v) is 6.34. The van der Waals surface area contributed by atoms with Gasteiger partial charge in [0.1, 0.15) is 12.6 Å². The second kappa shape index (κ2) is 14.0. The Morgan fingerprint density at radius 1 is 0.951 bits per heavy atom. The molecule has 0 aromatic heterocycles. The maximum atomic E-state index is 14.2. The Hall–Kier alpha value is -3.36. The van der Waals surface area contributed by atoms with Crippen molar-refractivity contribution in [3.05, 3.63) is 101 Å². The van der Waals surface area contributed by atoms with Crippen LogP contribution < -0.4 is 9.62 Å². The SMILES string of the molecule is Cc1ccccc1CN(C(=O)CN(c1cccc(Cl)c1)S(C)(=O)=O)[C@H](Cc1ccccc1)C(=O)NC1CCCCC1. The maximum absolute atomic E-state index is 14.2. The van der Waals surface area contributed by atoms with Crippen molar-refractivity contribution in [3.63, 3.8) is 0 Å². The monoisotopic (exact) mass is 595 g/mol. The van der Waals surface area contributed by atoms with Crippen molar-refractivity contribution in [2.75, 3.05) is 17.1 Å². The summed E-state index contributed by atoms with van der Waals surface area (Å²) in [5.41, 5.74) is 3.06. The summed E-state index contributed by atoms with van der Waals surface area (Å²) in [6.07, 6.45) is 6.45. The molecule has 4 rings (SSSR count). The molecule has 1 N–H and O–H groups in total. The fourth-order valence-electron chi connectivity index (χ4n) is 5.31. The highest BCUT2D eigenvalue weighted by molar-refractivity contribution is 7.92. The predicted molar refractivity (Wildman–Crippen MR) is 164 cm³/mol. The molecular weight excluding hydrogens is 558 g/mol. The minimum Gasteiger partial charge on any atom is -0.352 e. The van der Waals surface area contributed by atoms with Gasteiger partial charge in [0.25, 0.3) is 0 Å². The van der Waals surface area contributed by atoms with Crippen LogP contribution >= 0.6 is 11.6 Å². The van der Waals surface area contributed by atoms with Gasteiger partial charge in [-0.05, 0) is 54.7 Å². The van der Waals surface area contributed by atoms with Crippen molar-refractivity contribution in [1.29, 1.82) is 0 Å². The highest BCUT2D eigenvalue weighted by Gasteiger charge is 2.34. The van der Waals surface area contributed by atoms with Gasteiger partial charge in [0.2, 0.25) is 21.8 Å². The van der Waals surface area contributed by atoms with Crippen LogP contribution in [-0.2, 0) is 32.6 Å². The zero-order chi connectivity index (χ0) is 29.4. The number of aryl methyl sites for hydroxylation is 1. The van der Waals surface area contributed by atoms with Crippen molar-refractivity contribution in [3.8, 4) is 0 Å². The molecule has 1 aliphatic rings. The zero-order valence-electron chi connectivity index (χ0n) is 23.6. The van der Waals surface area contributed by atoms with E-state index in [9.17, 15) is 18.0 Å². The fraction of sp³-hybridized carbons (Fsp3) is 0.375. The number of rotatable bonds is 11.